The first kappa shape index (κ1) is 19.1. The molecule has 1 aliphatic heterocycles. The molecule has 0 saturated carbocycles. The number of ether oxygens (including phenoxy) is 1. The van der Waals surface area contributed by atoms with E-state index in [0.717, 1.165) is 11.2 Å². The number of hydrogen-bond acceptors (Lipinski definition) is 4. The molecule has 3 heterocycles. The first-order valence-corrected chi connectivity index (χ1v) is 9.65. The highest BCUT2D eigenvalue weighted by molar-refractivity contribution is 5.94. The summed E-state index contributed by atoms with van der Waals surface area (Å²) in [7, 11) is 0. The SMILES string of the molecule is Cc1ccc2nc(COC(=O)C3CCN(C(=O)c4ccc(F)cc4)CC3)cn2c1. The van der Waals surface area contributed by atoms with Crippen LogP contribution in [0.15, 0.2) is 48.8 Å². The number of aryl methyl sites for hydroxylation is 1. The lowest BCUT2D eigenvalue weighted by molar-refractivity contribution is -0.151. The lowest BCUT2D eigenvalue weighted by Gasteiger charge is -2.31. The number of esters is 1. The number of carbonyl (C=O) groups excluding carboxylic acids is 2. The molecule has 1 aliphatic rings. The van der Waals surface area contributed by atoms with Gasteiger partial charge in [0.1, 0.15) is 18.1 Å². The van der Waals surface area contributed by atoms with E-state index in [0.29, 0.717) is 37.2 Å². The molecule has 1 fully saturated rings. The van der Waals surface area contributed by atoms with Crippen LogP contribution >= 0.6 is 0 Å². The summed E-state index contributed by atoms with van der Waals surface area (Å²) in [6.45, 7) is 3.09. The Balaban J connectivity index is 1.29. The summed E-state index contributed by atoms with van der Waals surface area (Å²) in [5.41, 5.74) is 3.09. The van der Waals surface area contributed by atoms with E-state index in [4.69, 9.17) is 4.74 Å². The number of aromatic nitrogens is 2. The molecule has 0 radical (unpaired) electrons. The van der Waals surface area contributed by atoms with Gasteiger partial charge in [-0.1, -0.05) is 6.07 Å². The average Bonchev–Trinajstić information content (AvgIpc) is 3.14. The molecule has 2 aromatic heterocycles. The molecule has 0 bridgehead atoms. The van der Waals surface area contributed by atoms with Gasteiger partial charge in [-0.15, -0.1) is 0 Å². The largest absolute Gasteiger partial charge is 0.459 e. The maximum absolute atomic E-state index is 13.0. The van der Waals surface area contributed by atoms with Gasteiger partial charge in [-0.05, 0) is 55.7 Å². The van der Waals surface area contributed by atoms with Gasteiger partial charge in [0.25, 0.3) is 5.91 Å². The zero-order chi connectivity index (χ0) is 20.4. The number of carbonyl (C=O) groups is 2. The van der Waals surface area contributed by atoms with Crippen molar-refractivity contribution in [2.75, 3.05) is 13.1 Å². The third-order valence-electron chi connectivity index (χ3n) is 5.22. The van der Waals surface area contributed by atoms with E-state index in [1.807, 2.05) is 35.9 Å². The molecule has 7 heteroatoms. The molecule has 0 aliphatic carbocycles. The van der Waals surface area contributed by atoms with E-state index in [1.165, 1.54) is 24.3 Å². The van der Waals surface area contributed by atoms with E-state index in [2.05, 4.69) is 4.98 Å². The molecule has 0 N–H and O–H groups in total. The Bertz CT molecular complexity index is 1040. The number of hydrogen-bond donors (Lipinski definition) is 0. The van der Waals surface area contributed by atoms with Gasteiger partial charge in [-0.2, -0.15) is 0 Å². The van der Waals surface area contributed by atoms with Crippen LogP contribution in [0.4, 0.5) is 4.39 Å². The van der Waals surface area contributed by atoms with Crippen molar-refractivity contribution >= 4 is 17.5 Å². The van der Waals surface area contributed by atoms with E-state index in [1.54, 1.807) is 4.90 Å². The summed E-state index contributed by atoms with van der Waals surface area (Å²) in [5, 5.41) is 0. The van der Waals surface area contributed by atoms with Crippen LogP contribution in [0.3, 0.4) is 0 Å². The Hall–Kier alpha value is -3.22. The highest BCUT2D eigenvalue weighted by Gasteiger charge is 2.29. The van der Waals surface area contributed by atoms with Gasteiger partial charge in [0.05, 0.1) is 11.6 Å². The molecule has 0 atom stereocenters. The predicted octanol–water partition coefficient (Wildman–Crippen LogP) is 3.38. The van der Waals surface area contributed by atoms with Crippen molar-refractivity contribution in [3.8, 4) is 0 Å². The Morgan fingerprint density at radius 1 is 1.10 bits per heavy atom. The first-order valence-electron chi connectivity index (χ1n) is 9.65. The minimum absolute atomic E-state index is 0.133. The van der Waals surface area contributed by atoms with Gasteiger partial charge in [0.15, 0.2) is 0 Å². The number of rotatable bonds is 4. The number of piperidine rings is 1. The second-order valence-electron chi connectivity index (χ2n) is 7.39. The minimum atomic E-state index is -0.372. The molecule has 1 aromatic carbocycles. The summed E-state index contributed by atoms with van der Waals surface area (Å²) < 4.78 is 20.4. The molecule has 1 saturated heterocycles. The molecule has 6 nitrogen and oxygen atoms in total. The first-order chi connectivity index (χ1) is 14.0. The van der Waals surface area contributed by atoms with Gasteiger partial charge in [0.2, 0.25) is 0 Å². The van der Waals surface area contributed by atoms with Crippen molar-refractivity contribution in [2.45, 2.75) is 26.4 Å². The molecule has 3 aromatic rings. The Morgan fingerprint density at radius 2 is 1.83 bits per heavy atom. The summed E-state index contributed by atoms with van der Waals surface area (Å²) in [6, 6.07) is 9.42. The van der Waals surface area contributed by atoms with Crippen molar-refractivity contribution in [2.24, 2.45) is 5.92 Å². The lowest BCUT2D eigenvalue weighted by atomic mass is 9.96. The summed E-state index contributed by atoms with van der Waals surface area (Å²) in [4.78, 5) is 31.1. The number of imidazole rings is 1. The quantitative estimate of drug-likeness (QED) is 0.636. The van der Waals surface area contributed by atoms with Gasteiger partial charge < -0.3 is 14.0 Å². The fourth-order valence-corrected chi connectivity index (χ4v) is 3.58. The number of halogens is 1. The number of amides is 1. The zero-order valence-electron chi connectivity index (χ0n) is 16.2. The number of pyridine rings is 1. The van der Waals surface area contributed by atoms with Gasteiger partial charge in [-0.3, -0.25) is 9.59 Å². The van der Waals surface area contributed by atoms with Crippen LogP contribution in [0.25, 0.3) is 5.65 Å². The van der Waals surface area contributed by atoms with E-state index < -0.39 is 0 Å². The fourth-order valence-electron chi connectivity index (χ4n) is 3.58. The zero-order valence-corrected chi connectivity index (χ0v) is 16.2. The maximum atomic E-state index is 13.0. The smallest absolute Gasteiger partial charge is 0.309 e. The molecule has 0 unspecified atom stereocenters. The maximum Gasteiger partial charge on any atom is 0.309 e. The van der Waals surface area contributed by atoms with Crippen molar-refractivity contribution < 1.29 is 18.7 Å². The highest BCUT2D eigenvalue weighted by Crippen LogP contribution is 2.21. The summed E-state index contributed by atoms with van der Waals surface area (Å²) in [6.07, 6.45) is 4.94. The summed E-state index contributed by atoms with van der Waals surface area (Å²) >= 11 is 0. The van der Waals surface area contributed by atoms with Gasteiger partial charge in [-0.25, -0.2) is 9.37 Å². The normalized spacial score (nSPS) is 14.9. The Morgan fingerprint density at radius 3 is 2.55 bits per heavy atom. The standard InChI is InChI=1S/C22H22FN3O3/c1-15-2-7-20-24-19(13-26(20)12-15)14-29-22(28)17-8-10-25(11-9-17)21(27)16-3-5-18(23)6-4-16/h2-7,12-13,17H,8-11,14H2,1H3. The van der Waals surface area contributed by atoms with Crippen LogP contribution < -0.4 is 0 Å². The minimum Gasteiger partial charge on any atom is -0.459 e. The van der Waals surface area contributed by atoms with Gasteiger partial charge >= 0.3 is 5.97 Å². The number of fused-ring (bicyclic) bond motifs is 1. The van der Waals surface area contributed by atoms with E-state index in [9.17, 15) is 14.0 Å². The molecule has 29 heavy (non-hydrogen) atoms. The van der Waals surface area contributed by atoms with Crippen molar-refractivity contribution in [1.29, 1.82) is 0 Å². The van der Waals surface area contributed by atoms with Crippen LogP contribution in [0.2, 0.25) is 0 Å². The number of nitrogens with zero attached hydrogens (tertiary/aromatic N) is 3. The molecule has 4 rings (SSSR count). The number of likely N-dealkylation sites (tertiary alicyclic amines) is 1. The molecule has 0 spiro atoms. The summed E-state index contributed by atoms with van der Waals surface area (Å²) in [5.74, 6) is -1.00. The highest BCUT2D eigenvalue weighted by atomic mass is 19.1. The van der Waals surface area contributed by atoms with Gasteiger partial charge in [0, 0.05) is 31.0 Å². The van der Waals surface area contributed by atoms with E-state index >= 15 is 0 Å². The molecular formula is C22H22FN3O3. The van der Waals surface area contributed by atoms with Crippen LogP contribution in [0.1, 0.15) is 34.5 Å². The Labute approximate surface area is 167 Å². The third kappa shape index (κ3) is 4.29. The molecular weight excluding hydrogens is 373 g/mol. The predicted molar refractivity (Wildman–Crippen MR) is 105 cm³/mol. The topological polar surface area (TPSA) is 63.9 Å². The van der Waals surface area contributed by atoms with E-state index in [-0.39, 0.29) is 30.2 Å². The van der Waals surface area contributed by atoms with Crippen LogP contribution in [-0.4, -0.2) is 39.3 Å². The lowest BCUT2D eigenvalue weighted by Crippen LogP contribution is -2.40. The average molecular weight is 395 g/mol. The van der Waals surface area contributed by atoms with Crippen molar-refractivity contribution in [3.05, 3.63) is 71.4 Å². The van der Waals surface area contributed by atoms with Crippen LogP contribution in [0.5, 0.6) is 0 Å². The second-order valence-corrected chi connectivity index (χ2v) is 7.39. The van der Waals surface area contributed by atoms with Crippen molar-refractivity contribution in [1.82, 2.24) is 14.3 Å². The molecule has 1 amide bonds. The molecule has 150 valence electrons. The van der Waals surface area contributed by atoms with Crippen LogP contribution in [0, 0.1) is 18.7 Å². The monoisotopic (exact) mass is 395 g/mol. The fraction of sp³-hybridized carbons (Fsp3) is 0.318. The second kappa shape index (κ2) is 8.03. The van der Waals surface area contributed by atoms with Crippen LogP contribution in [-0.2, 0) is 16.1 Å². The third-order valence-corrected chi connectivity index (χ3v) is 5.22. The number of benzene rings is 1. The van der Waals surface area contributed by atoms with Crippen molar-refractivity contribution in [3.63, 3.8) is 0 Å². The Kier molecular flexibility index (Phi) is 5.29.